The third kappa shape index (κ3) is 2.94. The number of hydrogen-bond acceptors (Lipinski definition) is 3. The fourth-order valence-electron chi connectivity index (χ4n) is 2.82. The summed E-state index contributed by atoms with van der Waals surface area (Å²) < 4.78 is 5.45. The van der Waals surface area contributed by atoms with Crippen molar-refractivity contribution in [2.45, 2.75) is 13.0 Å². The molecule has 1 atom stereocenters. The molecule has 3 rings (SSSR count). The van der Waals surface area contributed by atoms with Gasteiger partial charge in [0.25, 0.3) is 0 Å². The Morgan fingerprint density at radius 2 is 2.05 bits per heavy atom. The first kappa shape index (κ1) is 13.8. The van der Waals surface area contributed by atoms with Crippen LogP contribution in [0.4, 0.5) is 0 Å². The third-order valence-electron chi connectivity index (χ3n) is 3.97. The van der Waals surface area contributed by atoms with Crippen LogP contribution in [0.3, 0.4) is 0 Å². The van der Waals surface area contributed by atoms with Crippen molar-refractivity contribution in [3.63, 3.8) is 0 Å². The fraction of sp³-hybridized carbons (Fsp3) is 0.412. The number of ether oxygens (including phenoxy) is 1. The predicted octanol–water partition coefficient (Wildman–Crippen LogP) is 3.69. The van der Waals surface area contributed by atoms with Crippen molar-refractivity contribution in [1.29, 1.82) is 0 Å². The van der Waals surface area contributed by atoms with Gasteiger partial charge < -0.3 is 10.1 Å². The van der Waals surface area contributed by atoms with Gasteiger partial charge in [-0.2, -0.15) is 11.8 Å². The second-order valence-corrected chi connectivity index (χ2v) is 6.48. The lowest BCUT2D eigenvalue weighted by atomic mass is 10.0. The second kappa shape index (κ2) is 6.51. The molecule has 0 amide bonds. The summed E-state index contributed by atoms with van der Waals surface area (Å²) >= 11 is 2.08. The molecule has 0 aliphatic carbocycles. The molecule has 2 aromatic carbocycles. The highest BCUT2D eigenvalue weighted by atomic mass is 32.2. The molecule has 20 heavy (non-hydrogen) atoms. The summed E-state index contributed by atoms with van der Waals surface area (Å²) in [5.74, 6) is 4.45. The van der Waals surface area contributed by atoms with Crippen LogP contribution in [0.2, 0.25) is 0 Å². The van der Waals surface area contributed by atoms with E-state index < -0.39 is 0 Å². The molecule has 1 N–H and O–H groups in total. The first-order valence-electron chi connectivity index (χ1n) is 7.21. The molecule has 1 aliphatic heterocycles. The first-order chi connectivity index (χ1) is 9.88. The molecular weight excluding hydrogens is 266 g/mol. The van der Waals surface area contributed by atoms with Gasteiger partial charge in [-0.25, -0.2) is 0 Å². The summed E-state index contributed by atoms with van der Waals surface area (Å²) in [6, 6.07) is 12.7. The van der Waals surface area contributed by atoms with Crippen molar-refractivity contribution in [2.75, 3.05) is 25.2 Å². The lowest BCUT2D eigenvalue weighted by molar-refractivity contribution is 0.419. The lowest BCUT2D eigenvalue weighted by Crippen LogP contribution is -2.22. The Balaban J connectivity index is 1.74. The molecule has 0 spiro atoms. The van der Waals surface area contributed by atoms with E-state index in [-0.39, 0.29) is 0 Å². The highest BCUT2D eigenvalue weighted by molar-refractivity contribution is 7.99. The maximum atomic E-state index is 5.45. The van der Waals surface area contributed by atoms with E-state index in [1.54, 1.807) is 7.11 Å². The standard InChI is InChI=1S/C17H21NOS/c1-19-17-7-6-14(15-4-2-3-5-16(15)17)11-18-10-13-8-9-20-12-13/h2-7,13,18H,8-12H2,1H3. The number of fused-ring (bicyclic) bond motifs is 1. The molecule has 1 aliphatic rings. The highest BCUT2D eigenvalue weighted by Gasteiger charge is 2.14. The van der Waals surface area contributed by atoms with E-state index in [0.717, 1.165) is 24.8 Å². The Bertz CT molecular complexity index is 578. The zero-order valence-electron chi connectivity index (χ0n) is 11.9. The fourth-order valence-corrected chi connectivity index (χ4v) is 4.11. The summed E-state index contributed by atoms with van der Waals surface area (Å²) in [4.78, 5) is 0. The molecule has 106 valence electrons. The number of benzene rings is 2. The smallest absolute Gasteiger partial charge is 0.126 e. The Morgan fingerprint density at radius 1 is 1.20 bits per heavy atom. The number of nitrogens with one attached hydrogen (secondary N) is 1. The summed E-state index contributed by atoms with van der Waals surface area (Å²) in [6.07, 6.45) is 1.36. The van der Waals surface area contributed by atoms with Crippen molar-refractivity contribution in [2.24, 2.45) is 5.92 Å². The molecule has 2 aromatic rings. The van der Waals surface area contributed by atoms with Gasteiger partial charge in [0.05, 0.1) is 7.11 Å². The van der Waals surface area contributed by atoms with Gasteiger partial charge in [0.1, 0.15) is 5.75 Å². The van der Waals surface area contributed by atoms with Gasteiger partial charge in [0.2, 0.25) is 0 Å². The molecule has 1 heterocycles. The van der Waals surface area contributed by atoms with Crippen LogP contribution in [-0.4, -0.2) is 25.2 Å². The third-order valence-corrected chi connectivity index (χ3v) is 5.20. The van der Waals surface area contributed by atoms with E-state index in [2.05, 4.69) is 53.5 Å². The predicted molar refractivity (Wildman–Crippen MR) is 87.6 cm³/mol. The monoisotopic (exact) mass is 287 g/mol. The average molecular weight is 287 g/mol. The minimum atomic E-state index is 0.851. The Morgan fingerprint density at radius 3 is 2.80 bits per heavy atom. The molecule has 0 bridgehead atoms. The summed E-state index contributed by atoms with van der Waals surface area (Å²) in [6.45, 7) is 2.07. The van der Waals surface area contributed by atoms with Gasteiger partial charge in [-0.1, -0.05) is 30.3 Å². The van der Waals surface area contributed by atoms with Crippen LogP contribution in [-0.2, 0) is 6.54 Å². The molecule has 2 nitrogen and oxygen atoms in total. The van der Waals surface area contributed by atoms with Crippen molar-refractivity contribution in [1.82, 2.24) is 5.32 Å². The maximum absolute atomic E-state index is 5.45. The van der Waals surface area contributed by atoms with E-state index in [0.29, 0.717) is 0 Å². The zero-order valence-corrected chi connectivity index (χ0v) is 12.7. The van der Waals surface area contributed by atoms with Gasteiger partial charge in [0.15, 0.2) is 0 Å². The number of methoxy groups -OCH3 is 1. The zero-order chi connectivity index (χ0) is 13.8. The van der Waals surface area contributed by atoms with Gasteiger partial charge in [-0.05, 0) is 47.4 Å². The van der Waals surface area contributed by atoms with Crippen LogP contribution >= 0.6 is 11.8 Å². The lowest BCUT2D eigenvalue weighted by Gasteiger charge is -2.13. The minimum absolute atomic E-state index is 0.851. The number of rotatable bonds is 5. The molecular formula is C17H21NOS. The Hall–Kier alpha value is -1.19. The van der Waals surface area contributed by atoms with Crippen LogP contribution < -0.4 is 10.1 Å². The molecule has 1 saturated heterocycles. The van der Waals surface area contributed by atoms with E-state index >= 15 is 0 Å². The highest BCUT2D eigenvalue weighted by Crippen LogP contribution is 2.28. The van der Waals surface area contributed by atoms with Crippen LogP contribution in [0.25, 0.3) is 10.8 Å². The van der Waals surface area contributed by atoms with Crippen LogP contribution in [0, 0.1) is 5.92 Å². The topological polar surface area (TPSA) is 21.3 Å². The van der Waals surface area contributed by atoms with Crippen molar-refractivity contribution >= 4 is 22.5 Å². The SMILES string of the molecule is COc1ccc(CNCC2CCSC2)c2ccccc12. The van der Waals surface area contributed by atoms with E-state index in [1.807, 2.05) is 0 Å². The molecule has 0 radical (unpaired) electrons. The molecule has 1 unspecified atom stereocenters. The molecule has 3 heteroatoms. The molecule has 0 saturated carbocycles. The number of thioether (sulfide) groups is 1. The second-order valence-electron chi connectivity index (χ2n) is 5.33. The minimum Gasteiger partial charge on any atom is -0.496 e. The number of hydrogen-bond donors (Lipinski definition) is 1. The first-order valence-corrected chi connectivity index (χ1v) is 8.37. The van der Waals surface area contributed by atoms with Crippen LogP contribution in [0.15, 0.2) is 36.4 Å². The maximum Gasteiger partial charge on any atom is 0.126 e. The molecule has 0 aromatic heterocycles. The summed E-state index contributed by atoms with van der Waals surface area (Å²) in [5.41, 5.74) is 1.35. The average Bonchev–Trinajstić information content (AvgIpc) is 3.01. The van der Waals surface area contributed by atoms with Crippen molar-refractivity contribution < 1.29 is 4.74 Å². The van der Waals surface area contributed by atoms with Gasteiger partial charge in [0, 0.05) is 11.9 Å². The van der Waals surface area contributed by atoms with Crippen LogP contribution in [0.1, 0.15) is 12.0 Å². The van der Waals surface area contributed by atoms with Crippen molar-refractivity contribution in [3.8, 4) is 5.75 Å². The van der Waals surface area contributed by atoms with Crippen LogP contribution in [0.5, 0.6) is 5.75 Å². The van der Waals surface area contributed by atoms with Gasteiger partial charge in [-0.15, -0.1) is 0 Å². The Labute approximate surface area is 124 Å². The summed E-state index contributed by atoms with van der Waals surface area (Å²) in [5, 5.41) is 6.11. The largest absolute Gasteiger partial charge is 0.496 e. The van der Waals surface area contributed by atoms with Gasteiger partial charge >= 0.3 is 0 Å². The molecule has 1 fully saturated rings. The van der Waals surface area contributed by atoms with E-state index in [4.69, 9.17) is 4.74 Å². The normalized spacial score (nSPS) is 18.6. The van der Waals surface area contributed by atoms with Crippen molar-refractivity contribution in [3.05, 3.63) is 42.0 Å². The van der Waals surface area contributed by atoms with E-state index in [9.17, 15) is 0 Å². The van der Waals surface area contributed by atoms with E-state index in [1.165, 1.54) is 34.3 Å². The quantitative estimate of drug-likeness (QED) is 0.906. The summed E-state index contributed by atoms with van der Waals surface area (Å²) in [7, 11) is 1.73. The Kier molecular flexibility index (Phi) is 4.48. The van der Waals surface area contributed by atoms with Gasteiger partial charge in [-0.3, -0.25) is 0 Å².